The van der Waals surface area contributed by atoms with Crippen molar-refractivity contribution in [3.05, 3.63) is 83.4 Å². The Labute approximate surface area is 200 Å². The highest BCUT2D eigenvalue weighted by atomic mass is 16.1. The number of carbonyl (C=O) groups is 1. The SMILES string of the molecule is C=C(N=C/C(=C\C)c1ccc(C2CCC(CC)CC2)cc1)c1ccc(C[C@H](C)C(C)=O)cc1. The minimum atomic E-state index is 0.0482. The van der Waals surface area contributed by atoms with Crippen LogP contribution in [0.4, 0.5) is 0 Å². The summed E-state index contributed by atoms with van der Waals surface area (Å²) < 4.78 is 0. The number of hydrogen-bond acceptors (Lipinski definition) is 2. The summed E-state index contributed by atoms with van der Waals surface area (Å²) in [5.41, 5.74) is 6.67. The Morgan fingerprint density at radius 1 is 1.03 bits per heavy atom. The zero-order chi connectivity index (χ0) is 23.8. The molecular weight excluding hydrogens is 402 g/mol. The van der Waals surface area contributed by atoms with Crippen LogP contribution in [0.15, 0.2) is 66.2 Å². The molecule has 1 fully saturated rings. The maximum absolute atomic E-state index is 11.5. The van der Waals surface area contributed by atoms with E-state index in [9.17, 15) is 4.79 Å². The number of ketones is 1. The van der Waals surface area contributed by atoms with Crippen molar-refractivity contribution in [1.29, 1.82) is 0 Å². The van der Waals surface area contributed by atoms with Gasteiger partial charge in [-0.05, 0) is 85.6 Å². The lowest BCUT2D eigenvalue weighted by Gasteiger charge is -2.28. The molecule has 174 valence electrons. The first-order valence-corrected chi connectivity index (χ1v) is 12.5. The first-order valence-electron chi connectivity index (χ1n) is 12.5. The zero-order valence-electron chi connectivity index (χ0n) is 20.8. The fraction of sp³-hybridized carbons (Fsp3) is 0.419. The second kappa shape index (κ2) is 11.9. The molecule has 1 aliphatic carbocycles. The van der Waals surface area contributed by atoms with Gasteiger partial charge in [-0.25, -0.2) is 0 Å². The molecule has 0 bridgehead atoms. The fourth-order valence-corrected chi connectivity index (χ4v) is 4.72. The molecule has 0 heterocycles. The Morgan fingerprint density at radius 2 is 1.64 bits per heavy atom. The lowest BCUT2D eigenvalue weighted by Crippen LogP contribution is -2.12. The van der Waals surface area contributed by atoms with Gasteiger partial charge < -0.3 is 0 Å². The van der Waals surface area contributed by atoms with Crippen LogP contribution < -0.4 is 0 Å². The van der Waals surface area contributed by atoms with Crippen LogP contribution in [0.3, 0.4) is 0 Å². The van der Waals surface area contributed by atoms with Crippen molar-refractivity contribution in [1.82, 2.24) is 0 Å². The summed E-state index contributed by atoms with van der Waals surface area (Å²) in [4.78, 5) is 16.2. The van der Waals surface area contributed by atoms with Gasteiger partial charge >= 0.3 is 0 Å². The monoisotopic (exact) mass is 441 g/mol. The highest BCUT2D eigenvalue weighted by Crippen LogP contribution is 2.37. The fourth-order valence-electron chi connectivity index (χ4n) is 4.72. The van der Waals surface area contributed by atoms with Crippen LogP contribution in [0.5, 0.6) is 0 Å². The number of carbonyl (C=O) groups excluding carboxylic acids is 1. The van der Waals surface area contributed by atoms with E-state index in [0.717, 1.165) is 34.7 Å². The van der Waals surface area contributed by atoms with E-state index in [0.29, 0.717) is 5.92 Å². The molecule has 1 aliphatic rings. The van der Waals surface area contributed by atoms with Gasteiger partial charge in [-0.1, -0.05) is 81.5 Å². The smallest absolute Gasteiger partial charge is 0.132 e. The van der Waals surface area contributed by atoms with Crippen LogP contribution in [-0.4, -0.2) is 12.0 Å². The normalized spacial score (nSPS) is 20.1. The van der Waals surface area contributed by atoms with E-state index in [4.69, 9.17) is 0 Å². The van der Waals surface area contributed by atoms with Gasteiger partial charge in [0.2, 0.25) is 0 Å². The lowest BCUT2D eigenvalue weighted by atomic mass is 9.77. The van der Waals surface area contributed by atoms with Gasteiger partial charge in [0, 0.05) is 12.1 Å². The third-order valence-electron chi connectivity index (χ3n) is 7.33. The van der Waals surface area contributed by atoms with Crippen molar-refractivity contribution >= 4 is 23.3 Å². The Hall–Kier alpha value is -2.74. The molecule has 0 saturated heterocycles. The summed E-state index contributed by atoms with van der Waals surface area (Å²) in [7, 11) is 0. The van der Waals surface area contributed by atoms with E-state index in [1.165, 1.54) is 43.2 Å². The van der Waals surface area contributed by atoms with Gasteiger partial charge in [-0.15, -0.1) is 0 Å². The molecule has 2 nitrogen and oxygen atoms in total. The number of benzene rings is 2. The van der Waals surface area contributed by atoms with Crippen molar-refractivity contribution in [3.8, 4) is 0 Å². The van der Waals surface area contributed by atoms with Gasteiger partial charge in [0.25, 0.3) is 0 Å². The summed E-state index contributed by atoms with van der Waals surface area (Å²) >= 11 is 0. The van der Waals surface area contributed by atoms with E-state index >= 15 is 0 Å². The largest absolute Gasteiger partial charge is 0.300 e. The van der Waals surface area contributed by atoms with Crippen molar-refractivity contribution in [3.63, 3.8) is 0 Å². The summed E-state index contributed by atoms with van der Waals surface area (Å²) in [6.07, 6.45) is 11.5. The highest BCUT2D eigenvalue weighted by Gasteiger charge is 2.21. The van der Waals surface area contributed by atoms with Gasteiger partial charge in [0.1, 0.15) is 5.78 Å². The highest BCUT2D eigenvalue weighted by molar-refractivity contribution is 6.11. The van der Waals surface area contributed by atoms with Gasteiger partial charge in [-0.2, -0.15) is 0 Å². The Balaban J connectivity index is 1.61. The summed E-state index contributed by atoms with van der Waals surface area (Å²) in [6.45, 7) is 12.1. The topological polar surface area (TPSA) is 29.4 Å². The van der Waals surface area contributed by atoms with Crippen LogP contribution in [0.25, 0.3) is 11.3 Å². The molecular formula is C31H39NO. The second-order valence-corrected chi connectivity index (χ2v) is 9.61. The third kappa shape index (κ3) is 6.87. The first-order chi connectivity index (χ1) is 15.9. The molecule has 0 aliphatic heterocycles. The maximum Gasteiger partial charge on any atom is 0.132 e. The molecule has 0 amide bonds. The lowest BCUT2D eigenvalue weighted by molar-refractivity contribution is -0.120. The number of nitrogens with zero attached hydrogens (tertiary/aromatic N) is 1. The standard InChI is InChI=1S/C31H39NO/c1-6-25-8-14-30(15-9-25)31-18-16-29(17-19-31)27(7-2)21-32-23(4)28-12-10-26(11-13-28)20-22(3)24(5)33/h7,10-13,16-19,21-22,25,30H,4,6,8-9,14-15,20H2,1-3,5H3/b27-7+,32-21?/t22-,25?,30?/m0/s1. The van der Waals surface area contributed by atoms with Crippen molar-refractivity contribution in [2.75, 3.05) is 0 Å². The minimum Gasteiger partial charge on any atom is -0.300 e. The van der Waals surface area contributed by atoms with Gasteiger partial charge in [-0.3, -0.25) is 9.79 Å². The molecule has 0 spiro atoms. The molecule has 2 aromatic rings. The predicted octanol–water partition coefficient (Wildman–Crippen LogP) is 8.28. The van der Waals surface area contributed by atoms with E-state index < -0.39 is 0 Å². The van der Waals surface area contributed by atoms with Gasteiger partial charge in [0.05, 0.1) is 5.70 Å². The number of rotatable bonds is 9. The molecule has 2 heteroatoms. The van der Waals surface area contributed by atoms with Crippen LogP contribution in [-0.2, 0) is 11.2 Å². The molecule has 1 saturated carbocycles. The van der Waals surface area contributed by atoms with Crippen molar-refractivity contribution in [2.24, 2.45) is 16.8 Å². The summed E-state index contributed by atoms with van der Waals surface area (Å²) in [5.74, 6) is 1.92. The summed E-state index contributed by atoms with van der Waals surface area (Å²) in [6, 6.07) is 17.3. The maximum atomic E-state index is 11.5. The molecule has 33 heavy (non-hydrogen) atoms. The number of Topliss-reactive ketones (excluding diaryl/α,β-unsaturated/α-hetero) is 1. The number of hydrogen-bond donors (Lipinski definition) is 0. The van der Waals surface area contributed by atoms with E-state index in [2.05, 4.69) is 67.9 Å². The first kappa shape index (κ1) is 24.9. The molecule has 1 atom stereocenters. The Morgan fingerprint density at radius 3 is 2.18 bits per heavy atom. The van der Waals surface area contributed by atoms with Crippen LogP contribution >= 0.6 is 0 Å². The number of allylic oxidation sites excluding steroid dienone is 2. The molecule has 2 aromatic carbocycles. The molecule has 0 unspecified atom stereocenters. The average molecular weight is 442 g/mol. The molecule has 3 rings (SSSR count). The predicted molar refractivity (Wildman–Crippen MR) is 143 cm³/mol. The molecule has 0 radical (unpaired) electrons. The second-order valence-electron chi connectivity index (χ2n) is 9.61. The van der Waals surface area contributed by atoms with Crippen LogP contribution in [0, 0.1) is 11.8 Å². The molecule has 0 aromatic heterocycles. The van der Waals surface area contributed by atoms with Crippen LogP contribution in [0.1, 0.15) is 88.0 Å². The van der Waals surface area contributed by atoms with E-state index in [1.807, 2.05) is 25.3 Å². The minimum absolute atomic E-state index is 0.0482. The summed E-state index contributed by atoms with van der Waals surface area (Å²) in [5, 5.41) is 0. The van der Waals surface area contributed by atoms with Crippen molar-refractivity contribution < 1.29 is 4.79 Å². The average Bonchev–Trinajstić information content (AvgIpc) is 2.85. The van der Waals surface area contributed by atoms with E-state index in [-0.39, 0.29) is 11.7 Å². The number of aliphatic imine (C=N–C) groups is 1. The molecule has 0 N–H and O–H groups in total. The van der Waals surface area contributed by atoms with E-state index in [1.54, 1.807) is 6.92 Å². The van der Waals surface area contributed by atoms with Gasteiger partial charge in [0.15, 0.2) is 0 Å². The Kier molecular flexibility index (Phi) is 9.00. The van der Waals surface area contributed by atoms with Crippen LogP contribution in [0.2, 0.25) is 0 Å². The van der Waals surface area contributed by atoms with Crippen molar-refractivity contribution in [2.45, 2.75) is 72.1 Å². The third-order valence-corrected chi connectivity index (χ3v) is 7.33. The quantitative estimate of drug-likeness (QED) is 0.360. The Bertz CT molecular complexity index is 986. The zero-order valence-corrected chi connectivity index (χ0v) is 20.8.